The van der Waals surface area contributed by atoms with Crippen LogP contribution < -0.4 is 24.8 Å². The smallest absolute Gasteiger partial charge is 0.260 e. The summed E-state index contributed by atoms with van der Waals surface area (Å²) in [4.78, 5) is 16.8. The van der Waals surface area contributed by atoms with Crippen molar-refractivity contribution in [1.29, 1.82) is 0 Å². The van der Waals surface area contributed by atoms with Gasteiger partial charge in [-0.3, -0.25) is 15.1 Å². The number of benzene rings is 2. The first-order valence-electron chi connectivity index (χ1n) is 10.5. The monoisotopic (exact) mass is 511 g/mol. The minimum atomic E-state index is -0.362. The fourth-order valence-electron chi connectivity index (χ4n) is 3.51. The maximum atomic E-state index is 12.4. The number of halogens is 1. The van der Waals surface area contributed by atoms with E-state index in [0.29, 0.717) is 56.3 Å². The first-order valence-corrected chi connectivity index (χ1v) is 11.2. The van der Waals surface area contributed by atoms with Crippen LogP contribution in [0, 0.1) is 13.8 Å². The molecule has 0 aliphatic heterocycles. The average molecular weight is 512 g/mol. The van der Waals surface area contributed by atoms with Crippen molar-refractivity contribution < 1.29 is 23.4 Å². The number of carbonyl (C=O) groups is 1. The Hall–Kier alpha value is -3.82. The van der Waals surface area contributed by atoms with Crippen molar-refractivity contribution in [3.05, 3.63) is 70.8 Å². The van der Waals surface area contributed by atoms with Crippen LogP contribution in [-0.2, 0) is 0 Å². The van der Waals surface area contributed by atoms with Crippen molar-refractivity contribution in [3.8, 4) is 23.0 Å². The second kappa shape index (κ2) is 10.2. The lowest BCUT2D eigenvalue weighted by Gasteiger charge is -2.14. The Labute approximate surface area is 212 Å². The molecule has 0 saturated heterocycles. The number of rotatable bonds is 6. The molecule has 0 aliphatic rings. The number of pyridine rings is 1. The molecule has 0 spiro atoms. The van der Waals surface area contributed by atoms with Crippen LogP contribution in [0.2, 0.25) is 5.02 Å². The molecule has 2 aromatic heterocycles. The zero-order valence-electron chi connectivity index (χ0n) is 19.4. The van der Waals surface area contributed by atoms with E-state index in [1.165, 1.54) is 0 Å². The van der Waals surface area contributed by atoms with E-state index >= 15 is 0 Å². The number of anilines is 1. The van der Waals surface area contributed by atoms with Gasteiger partial charge in [-0.1, -0.05) is 11.6 Å². The Morgan fingerprint density at radius 3 is 2.40 bits per heavy atom. The maximum Gasteiger partial charge on any atom is 0.260 e. The number of carbonyl (C=O) groups excluding carboxylic acids is 1. The van der Waals surface area contributed by atoms with Crippen LogP contribution in [0.15, 0.2) is 53.1 Å². The van der Waals surface area contributed by atoms with Gasteiger partial charge in [0.1, 0.15) is 23.0 Å². The summed E-state index contributed by atoms with van der Waals surface area (Å²) in [6.45, 7) is 3.49. The summed E-state index contributed by atoms with van der Waals surface area (Å²) in [5.74, 6) is 2.91. The topological polar surface area (TPSA) is 94.9 Å². The minimum absolute atomic E-state index is 0.124. The third-order valence-corrected chi connectivity index (χ3v) is 5.63. The van der Waals surface area contributed by atoms with Crippen LogP contribution in [0.3, 0.4) is 0 Å². The van der Waals surface area contributed by atoms with Gasteiger partial charge >= 0.3 is 0 Å². The van der Waals surface area contributed by atoms with Gasteiger partial charge in [-0.05, 0) is 62.5 Å². The molecule has 0 saturated carbocycles. The van der Waals surface area contributed by atoms with Crippen LogP contribution in [0.4, 0.5) is 5.69 Å². The molecule has 180 valence electrons. The third kappa shape index (κ3) is 5.31. The third-order valence-electron chi connectivity index (χ3n) is 5.13. The fraction of sp³-hybridized carbons (Fsp3) is 0.160. The summed E-state index contributed by atoms with van der Waals surface area (Å²) in [6.07, 6.45) is 1.64. The number of hydrogen-bond acceptors (Lipinski definition) is 7. The Kier molecular flexibility index (Phi) is 7.09. The summed E-state index contributed by atoms with van der Waals surface area (Å²) in [7, 11) is 3.13. The molecule has 2 N–H and O–H groups in total. The molecular formula is C25H22ClN3O5S. The maximum absolute atomic E-state index is 12.4. The summed E-state index contributed by atoms with van der Waals surface area (Å²) in [6, 6.07) is 12.1. The van der Waals surface area contributed by atoms with E-state index in [9.17, 15) is 4.79 Å². The minimum Gasteiger partial charge on any atom is -0.493 e. The molecule has 2 heterocycles. The number of methoxy groups -OCH3 is 2. The number of hydrogen-bond donors (Lipinski definition) is 2. The van der Waals surface area contributed by atoms with Crippen LogP contribution >= 0.6 is 23.8 Å². The van der Waals surface area contributed by atoms with Gasteiger partial charge in [0.15, 0.2) is 16.6 Å². The molecule has 10 heteroatoms. The average Bonchev–Trinajstić information content (AvgIpc) is 3.17. The first-order chi connectivity index (χ1) is 16.8. The number of aromatic nitrogens is 1. The van der Waals surface area contributed by atoms with Crippen LogP contribution in [0.1, 0.15) is 21.9 Å². The van der Waals surface area contributed by atoms with E-state index in [1.54, 1.807) is 76.7 Å². The fourth-order valence-corrected chi connectivity index (χ4v) is 3.93. The van der Waals surface area contributed by atoms with Gasteiger partial charge in [0, 0.05) is 23.3 Å². The first kappa shape index (κ1) is 24.3. The quantitative estimate of drug-likeness (QED) is 0.303. The summed E-state index contributed by atoms with van der Waals surface area (Å²) in [5.41, 5.74) is 1.68. The van der Waals surface area contributed by atoms with E-state index in [1.807, 2.05) is 0 Å². The van der Waals surface area contributed by atoms with Crippen LogP contribution in [0.5, 0.6) is 23.0 Å². The molecule has 0 fully saturated rings. The number of amides is 1. The Balaban J connectivity index is 1.50. The summed E-state index contributed by atoms with van der Waals surface area (Å²) >= 11 is 11.7. The van der Waals surface area contributed by atoms with Crippen molar-refractivity contribution >= 4 is 51.4 Å². The molecular weight excluding hydrogens is 490 g/mol. The standard InChI is InChI=1S/C25H22ClN3O5S/c1-13-9-16(14(2)33-13)24(30)29-25(35)28-15-5-6-21(18(26)10-15)34-20-7-8-27-19-12-23(32-4)22(31-3)11-17(19)20/h5-12H,1-4H3,(H2,28,29,30,35). The number of thiocarbonyl (C=S) groups is 1. The number of fused-ring (bicyclic) bond motifs is 1. The van der Waals surface area contributed by atoms with Gasteiger partial charge in [0.25, 0.3) is 5.91 Å². The van der Waals surface area contributed by atoms with E-state index in [2.05, 4.69) is 15.6 Å². The molecule has 0 unspecified atom stereocenters. The highest BCUT2D eigenvalue weighted by Crippen LogP contribution is 2.38. The van der Waals surface area contributed by atoms with E-state index < -0.39 is 0 Å². The molecule has 2 aromatic carbocycles. The van der Waals surface area contributed by atoms with E-state index in [4.69, 9.17) is 42.4 Å². The van der Waals surface area contributed by atoms with Gasteiger partial charge in [-0.2, -0.15) is 0 Å². The number of aryl methyl sites for hydroxylation is 2. The van der Waals surface area contributed by atoms with Crippen molar-refractivity contribution in [2.75, 3.05) is 19.5 Å². The van der Waals surface area contributed by atoms with Crippen LogP contribution in [0.25, 0.3) is 10.9 Å². The molecule has 0 atom stereocenters. The summed E-state index contributed by atoms with van der Waals surface area (Å²) in [5, 5.41) is 6.78. The lowest BCUT2D eigenvalue weighted by atomic mass is 10.2. The molecule has 0 aliphatic carbocycles. The highest BCUT2D eigenvalue weighted by Gasteiger charge is 2.16. The zero-order chi connectivity index (χ0) is 25.1. The molecule has 0 bridgehead atoms. The number of ether oxygens (including phenoxy) is 3. The Morgan fingerprint density at radius 2 is 1.74 bits per heavy atom. The molecule has 1 amide bonds. The lowest BCUT2D eigenvalue weighted by molar-refractivity contribution is 0.0976. The predicted molar refractivity (Wildman–Crippen MR) is 138 cm³/mol. The number of nitrogens with zero attached hydrogens (tertiary/aromatic N) is 1. The second-order valence-corrected chi connectivity index (χ2v) is 8.33. The van der Waals surface area contributed by atoms with Gasteiger partial charge < -0.3 is 23.9 Å². The van der Waals surface area contributed by atoms with Crippen LogP contribution in [-0.4, -0.2) is 30.2 Å². The predicted octanol–water partition coefficient (Wildman–Crippen LogP) is 6.03. The number of furan rings is 1. The second-order valence-electron chi connectivity index (χ2n) is 7.52. The Morgan fingerprint density at radius 1 is 1.00 bits per heavy atom. The highest BCUT2D eigenvalue weighted by molar-refractivity contribution is 7.80. The molecule has 35 heavy (non-hydrogen) atoms. The normalized spacial score (nSPS) is 10.7. The Bertz CT molecular complexity index is 1440. The highest BCUT2D eigenvalue weighted by atomic mass is 35.5. The van der Waals surface area contributed by atoms with Crippen molar-refractivity contribution in [2.45, 2.75) is 13.8 Å². The van der Waals surface area contributed by atoms with Gasteiger partial charge in [0.2, 0.25) is 0 Å². The van der Waals surface area contributed by atoms with E-state index in [-0.39, 0.29) is 11.0 Å². The molecule has 4 rings (SSSR count). The lowest BCUT2D eigenvalue weighted by Crippen LogP contribution is -2.34. The van der Waals surface area contributed by atoms with E-state index in [0.717, 1.165) is 5.39 Å². The van der Waals surface area contributed by atoms with Crippen molar-refractivity contribution in [3.63, 3.8) is 0 Å². The molecule has 0 radical (unpaired) electrons. The largest absolute Gasteiger partial charge is 0.493 e. The molecule has 4 aromatic rings. The zero-order valence-corrected chi connectivity index (χ0v) is 21.0. The van der Waals surface area contributed by atoms with Gasteiger partial charge in [-0.25, -0.2) is 0 Å². The number of nitrogens with one attached hydrogen (secondary N) is 2. The van der Waals surface area contributed by atoms with Gasteiger partial charge in [-0.15, -0.1) is 0 Å². The van der Waals surface area contributed by atoms with Crippen molar-refractivity contribution in [1.82, 2.24) is 10.3 Å². The molecule has 8 nitrogen and oxygen atoms in total. The van der Waals surface area contributed by atoms with Gasteiger partial charge in [0.05, 0.1) is 30.3 Å². The van der Waals surface area contributed by atoms with Crippen molar-refractivity contribution in [2.24, 2.45) is 0 Å². The summed E-state index contributed by atoms with van der Waals surface area (Å²) < 4.78 is 22.2. The SMILES string of the molecule is COc1cc2nccc(Oc3ccc(NC(=S)NC(=O)c4cc(C)oc4C)cc3Cl)c2cc1OC.